The van der Waals surface area contributed by atoms with Crippen molar-refractivity contribution in [1.82, 2.24) is 10.0 Å². The van der Waals surface area contributed by atoms with Gasteiger partial charge in [0.05, 0.1) is 19.3 Å². The molecule has 0 aliphatic rings. The topological polar surface area (TPSA) is 34.6 Å². The van der Waals surface area contributed by atoms with Gasteiger partial charge in [0, 0.05) is 11.9 Å². The van der Waals surface area contributed by atoms with Gasteiger partial charge in [0.25, 0.3) is 0 Å². The van der Waals surface area contributed by atoms with E-state index in [1.165, 1.54) is 29.0 Å². The number of halogens is 1. The Hall–Kier alpha value is -2.28. The van der Waals surface area contributed by atoms with E-state index in [4.69, 9.17) is 9.57 Å². The van der Waals surface area contributed by atoms with Crippen LogP contribution in [0.2, 0.25) is 0 Å². The monoisotopic (exact) mass is 358 g/mol. The molecule has 0 spiro atoms. The quantitative estimate of drug-likeness (QED) is 0.558. The highest BCUT2D eigenvalue weighted by molar-refractivity contribution is 7.09. The standard InChI is InChI=1S/C19H19FN2O2S/c1-23-22(11-15-5-3-2-4-6-15)12-17-14-25-19(21-17)13-24-18-9-7-16(20)8-10-18/h2-10,14H,11-13H2,1H3. The number of hydrogen-bond donors (Lipinski definition) is 0. The smallest absolute Gasteiger partial charge is 0.140 e. The predicted octanol–water partition coefficient (Wildman–Crippen LogP) is 4.42. The van der Waals surface area contributed by atoms with Crippen molar-refractivity contribution in [3.63, 3.8) is 0 Å². The van der Waals surface area contributed by atoms with Crippen LogP contribution in [0.5, 0.6) is 5.75 Å². The fourth-order valence-electron chi connectivity index (χ4n) is 2.32. The predicted molar refractivity (Wildman–Crippen MR) is 95.5 cm³/mol. The Bertz CT molecular complexity index is 778. The first kappa shape index (κ1) is 17.5. The molecule has 0 radical (unpaired) electrons. The van der Waals surface area contributed by atoms with Gasteiger partial charge in [-0.05, 0) is 29.8 Å². The minimum absolute atomic E-state index is 0.276. The van der Waals surface area contributed by atoms with E-state index in [0.29, 0.717) is 25.4 Å². The van der Waals surface area contributed by atoms with E-state index in [1.54, 1.807) is 19.2 Å². The molecule has 6 heteroatoms. The maximum atomic E-state index is 12.9. The van der Waals surface area contributed by atoms with Gasteiger partial charge in [-0.3, -0.25) is 0 Å². The molecule has 0 amide bonds. The molecular formula is C19H19FN2O2S. The molecule has 25 heavy (non-hydrogen) atoms. The molecule has 3 aromatic rings. The van der Waals surface area contributed by atoms with Crippen LogP contribution in [-0.4, -0.2) is 17.2 Å². The maximum absolute atomic E-state index is 12.9. The van der Waals surface area contributed by atoms with Crippen LogP contribution in [0.1, 0.15) is 16.3 Å². The number of benzene rings is 2. The van der Waals surface area contributed by atoms with Crippen LogP contribution in [-0.2, 0) is 24.5 Å². The summed E-state index contributed by atoms with van der Waals surface area (Å²) in [5.74, 6) is 0.350. The zero-order chi connectivity index (χ0) is 17.5. The number of thiazole rings is 1. The number of aromatic nitrogens is 1. The number of hydrogen-bond acceptors (Lipinski definition) is 5. The lowest BCUT2D eigenvalue weighted by Gasteiger charge is -2.18. The average Bonchev–Trinajstić information content (AvgIpc) is 3.09. The summed E-state index contributed by atoms with van der Waals surface area (Å²) >= 11 is 1.54. The van der Waals surface area contributed by atoms with Crippen molar-refractivity contribution in [2.24, 2.45) is 0 Å². The van der Waals surface area contributed by atoms with E-state index in [-0.39, 0.29) is 5.82 Å². The first-order chi connectivity index (χ1) is 12.2. The molecule has 2 aromatic carbocycles. The van der Waals surface area contributed by atoms with Gasteiger partial charge < -0.3 is 9.57 Å². The number of hydroxylamine groups is 2. The third-order valence-corrected chi connectivity index (χ3v) is 4.44. The molecule has 0 saturated carbocycles. The Morgan fingerprint density at radius 2 is 1.80 bits per heavy atom. The summed E-state index contributed by atoms with van der Waals surface area (Å²) in [6.07, 6.45) is 0. The molecule has 3 rings (SSSR count). The second kappa shape index (κ2) is 8.71. The minimum Gasteiger partial charge on any atom is -0.486 e. The van der Waals surface area contributed by atoms with Gasteiger partial charge in [0.1, 0.15) is 23.2 Å². The third-order valence-electron chi connectivity index (χ3n) is 3.57. The zero-order valence-electron chi connectivity index (χ0n) is 13.9. The minimum atomic E-state index is -0.276. The summed E-state index contributed by atoms with van der Waals surface area (Å²) in [4.78, 5) is 10.0. The van der Waals surface area contributed by atoms with Crippen molar-refractivity contribution >= 4 is 11.3 Å². The molecule has 4 nitrogen and oxygen atoms in total. The van der Waals surface area contributed by atoms with Crippen LogP contribution in [0.4, 0.5) is 4.39 Å². The Kier molecular flexibility index (Phi) is 6.11. The molecule has 1 heterocycles. The van der Waals surface area contributed by atoms with Gasteiger partial charge in [-0.2, -0.15) is 5.06 Å². The van der Waals surface area contributed by atoms with Crippen molar-refractivity contribution in [2.45, 2.75) is 19.7 Å². The number of rotatable bonds is 8. The molecule has 1 aromatic heterocycles. The summed E-state index contributed by atoms with van der Waals surface area (Å²) in [6, 6.07) is 16.1. The Labute approximate surface area is 150 Å². The summed E-state index contributed by atoms with van der Waals surface area (Å²) in [5.41, 5.74) is 2.11. The van der Waals surface area contributed by atoms with E-state index < -0.39 is 0 Å². The first-order valence-corrected chi connectivity index (χ1v) is 8.75. The van der Waals surface area contributed by atoms with Crippen LogP contribution >= 0.6 is 11.3 Å². The molecule has 0 fully saturated rings. The van der Waals surface area contributed by atoms with Crippen molar-refractivity contribution in [3.8, 4) is 5.75 Å². The van der Waals surface area contributed by atoms with Crippen LogP contribution in [0.25, 0.3) is 0 Å². The Morgan fingerprint density at radius 1 is 1.04 bits per heavy atom. The van der Waals surface area contributed by atoms with Crippen molar-refractivity contribution in [2.75, 3.05) is 7.11 Å². The molecule has 0 atom stereocenters. The van der Waals surface area contributed by atoms with E-state index in [0.717, 1.165) is 10.7 Å². The zero-order valence-corrected chi connectivity index (χ0v) is 14.7. The summed E-state index contributed by atoms with van der Waals surface area (Å²) in [7, 11) is 1.66. The van der Waals surface area contributed by atoms with Gasteiger partial charge in [0.15, 0.2) is 0 Å². The number of nitrogens with zero attached hydrogens (tertiary/aromatic N) is 2. The molecular weight excluding hydrogens is 339 g/mol. The summed E-state index contributed by atoms with van der Waals surface area (Å²) < 4.78 is 18.5. The lowest BCUT2D eigenvalue weighted by Crippen LogP contribution is -2.21. The molecule has 0 unspecified atom stereocenters. The normalized spacial score (nSPS) is 11.0. The van der Waals surface area contributed by atoms with Gasteiger partial charge in [-0.25, -0.2) is 9.37 Å². The molecule has 0 saturated heterocycles. The lowest BCUT2D eigenvalue weighted by molar-refractivity contribution is -0.147. The van der Waals surface area contributed by atoms with Crippen LogP contribution in [0, 0.1) is 5.82 Å². The van der Waals surface area contributed by atoms with E-state index in [1.807, 2.05) is 28.6 Å². The van der Waals surface area contributed by atoms with E-state index in [9.17, 15) is 4.39 Å². The van der Waals surface area contributed by atoms with Crippen molar-refractivity contribution in [3.05, 3.63) is 82.1 Å². The molecule has 0 aliphatic carbocycles. The largest absolute Gasteiger partial charge is 0.486 e. The summed E-state index contributed by atoms with van der Waals surface area (Å²) in [6.45, 7) is 1.65. The lowest BCUT2D eigenvalue weighted by atomic mass is 10.2. The van der Waals surface area contributed by atoms with Gasteiger partial charge in [0.2, 0.25) is 0 Å². The SMILES string of the molecule is CON(Cc1ccccc1)Cc1csc(COc2ccc(F)cc2)n1. The highest BCUT2D eigenvalue weighted by Gasteiger charge is 2.10. The van der Waals surface area contributed by atoms with Gasteiger partial charge in [-0.1, -0.05) is 30.3 Å². The Morgan fingerprint density at radius 3 is 2.52 bits per heavy atom. The second-order valence-corrected chi connectivity index (χ2v) is 6.38. The first-order valence-electron chi connectivity index (χ1n) is 7.87. The fourth-order valence-corrected chi connectivity index (χ4v) is 3.01. The Balaban J connectivity index is 1.54. The number of ether oxygens (including phenoxy) is 1. The average molecular weight is 358 g/mol. The van der Waals surface area contributed by atoms with Crippen molar-refractivity contribution < 1.29 is 14.0 Å². The van der Waals surface area contributed by atoms with Crippen LogP contribution in [0.15, 0.2) is 60.0 Å². The molecule has 0 aliphatic heterocycles. The second-order valence-electron chi connectivity index (χ2n) is 5.44. The van der Waals surface area contributed by atoms with E-state index >= 15 is 0 Å². The summed E-state index contributed by atoms with van der Waals surface area (Å²) in [5, 5.41) is 4.73. The van der Waals surface area contributed by atoms with Gasteiger partial charge >= 0.3 is 0 Å². The maximum Gasteiger partial charge on any atom is 0.140 e. The van der Waals surface area contributed by atoms with Crippen LogP contribution < -0.4 is 4.74 Å². The highest BCUT2D eigenvalue weighted by atomic mass is 32.1. The fraction of sp³-hybridized carbons (Fsp3) is 0.211. The highest BCUT2D eigenvalue weighted by Crippen LogP contribution is 2.17. The molecule has 0 bridgehead atoms. The van der Waals surface area contributed by atoms with Crippen molar-refractivity contribution in [1.29, 1.82) is 0 Å². The third kappa shape index (κ3) is 5.35. The molecule has 0 N–H and O–H groups in total. The molecule has 130 valence electrons. The van der Waals surface area contributed by atoms with Crippen LogP contribution in [0.3, 0.4) is 0 Å². The van der Waals surface area contributed by atoms with Gasteiger partial charge in [-0.15, -0.1) is 11.3 Å². The van der Waals surface area contributed by atoms with E-state index in [2.05, 4.69) is 17.1 Å².